The molecule has 1 rings (SSSR count). The number of non-ortho nitro benzene ring substituents is 1. The number of nitrogens with zero attached hydrogens (tertiary/aromatic N) is 3. The van der Waals surface area contributed by atoms with Crippen molar-refractivity contribution in [3.63, 3.8) is 0 Å². The van der Waals surface area contributed by atoms with E-state index in [2.05, 4.69) is 16.8 Å². The van der Waals surface area contributed by atoms with Crippen LogP contribution < -0.4 is 5.73 Å². The smallest absolute Gasteiger partial charge is 0.270 e. The summed E-state index contributed by atoms with van der Waals surface area (Å²) in [6, 6.07) is 3.62. The van der Waals surface area contributed by atoms with Crippen molar-refractivity contribution in [2.24, 2.45) is 15.9 Å². The molecule has 0 heterocycles. The molecule has 1 aromatic carbocycles. The third kappa shape index (κ3) is 4.80. The maximum atomic E-state index is 10.6. The summed E-state index contributed by atoms with van der Waals surface area (Å²) in [5, 5.41) is 27.7. The number of rotatable bonds is 5. The van der Waals surface area contributed by atoms with E-state index in [1.807, 2.05) is 0 Å². The van der Waals surface area contributed by atoms with Crippen LogP contribution in [0.25, 0.3) is 0 Å². The molecule has 0 aliphatic heterocycles. The fourth-order valence-corrected chi connectivity index (χ4v) is 1.47. The molecule has 0 atom stereocenters. The molecule has 0 saturated carbocycles. The average molecular weight is 280 g/mol. The lowest BCUT2D eigenvalue weighted by Gasteiger charge is -1.97. The van der Waals surface area contributed by atoms with Gasteiger partial charge in [-0.3, -0.25) is 10.1 Å². The number of benzene rings is 1. The number of hydrogen-bond acceptors (Lipinski definition) is 6. The van der Waals surface area contributed by atoms with Crippen LogP contribution in [0.4, 0.5) is 5.69 Å². The van der Waals surface area contributed by atoms with Gasteiger partial charge in [-0.15, -0.1) is 11.7 Å². The molecule has 1 aromatic rings. The average Bonchev–Trinajstić information content (AvgIpc) is 2.38. The molecule has 100 valence electrons. The first kappa shape index (κ1) is 14.7. The number of phenols is 1. The highest BCUT2D eigenvalue weighted by Crippen LogP contribution is 2.21. The van der Waals surface area contributed by atoms with Gasteiger partial charge >= 0.3 is 0 Å². The second-order valence-corrected chi connectivity index (χ2v) is 4.32. The zero-order chi connectivity index (χ0) is 14.3. The van der Waals surface area contributed by atoms with Crippen molar-refractivity contribution in [3.8, 4) is 5.75 Å². The number of nitro benzene ring substituents is 1. The van der Waals surface area contributed by atoms with Gasteiger partial charge in [0.05, 0.1) is 11.1 Å². The molecule has 19 heavy (non-hydrogen) atoms. The molecule has 0 radical (unpaired) electrons. The van der Waals surface area contributed by atoms with Crippen molar-refractivity contribution in [2.45, 2.75) is 0 Å². The minimum absolute atomic E-state index is 0.123. The molecule has 0 spiro atoms. The van der Waals surface area contributed by atoms with Crippen LogP contribution in [0.15, 0.2) is 41.1 Å². The molecule has 8 heteroatoms. The highest BCUT2D eigenvalue weighted by molar-refractivity contribution is 8.13. The predicted molar refractivity (Wildman–Crippen MR) is 76.6 cm³/mol. The van der Waals surface area contributed by atoms with E-state index in [0.29, 0.717) is 5.75 Å². The Bertz CT molecular complexity index is 543. The first-order valence-corrected chi connectivity index (χ1v) is 6.10. The largest absolute Gasteiger partial charge is 0.507 e. The summed E-state index contributed by atoms with van der Waals surface area (Å²) in [4.78, 5) is 10.0. The van der Waals surface area contributed by atoms with Crippen LogP contribution in [-0.2, 0) is 0 Å². The van der Waals surface area contributed by atoms with Gasteiger partial charge in [0.15, 0.2) is 5.17 Å². The molecule has 0 aromatic heterocycles. The predicted octanol–water partition coefficient (Wildman–Crippen LogP) is 1.87. The van der Waals surface area contributed by atoms with Gasteiger partial charge in [0.25, 0.3) is 5.69 Å². The van der Waals surface area contributed by atoms with E-state index in [1.165, 1.54) is 36.2 Å². The fraction of sp³-hybridized carbons (Fsp3) is 0.0909. The number of thioether (sulfide) groups is 1. The summed E-state index contributed by atoms with van der Waals surface area (Å²) >= 11 is 1.25. The minimum atomic E-state index is -0.561. The van der Waals surface area contributed by atoms with Gasteiger partial charge in [0, 0.05) is 23.4 Å². The molecule has 0 saturated heterocycles. The van der Waals surface area contributed by atoms with Crippen molar-refractivity contribution >= 4 is 28.8 Å². The maximum absolute atomic E-state index is 10.6. The van der Waals surface area contributed by atoms with Gasteiger partial charge in [-0.05, 0) is 6.07 Å². The van der Waals surface area contributed by atoms with Crippen molar-refractivity contribution in [1.29, 1.82) is 0 Å². The summed E-state index contributed by atoms with van der Waals surface area (Å²) in [5.41, 5.74) is 5.57. The number of nitrogens with two attached hydrogens (primary N) is 1. The SMILES string of the molecule is C=CCSC(N)=NN=Cc1cc([N+](=O)[O-])ccc1O. The van der Waals surface area contributed by atoms with E-state index in [4.69, 9.17) is 5.73 Å². The number of nitro groups is 1. The van der Waals surface area contributed by atoms with E-state index in [-0.39, 0.29) is 22.2 Å². The third-order valence-corrected chi connectivity index (χ3v) is 2.70. The first-order chi connectivity index (χ1) is 9.04. The Morgan fingerprint density at radius 2 is 2.37 bits per heavy atom. The van der Waals surface area contributed by atoms with E-state index in [9.17, 15) is 15.2 Å². The van der Waals surface area contributed by atoms with Crippen LogP contribution in [0.1, 0.15) is 5.56 Å². The summed E-state index contributed by atoms with van der Waals surface area (Å²) in [6.07, 6.45) is 2.87. The Balaban J connectivity index is 2.83. The molecular formula is C11H12N4O3S. The molecule has 0 amide bonds. The Morgan fingerprint density at radius 3 is 3.00 bits per heavy atom. The molecular weight excluding hydrogens is 268 g/mol. The van der Waals surface area contributed by atoms with Crippen molar-refractivity contribution in [3.05, 3.63) is 46.5 Å². The van der Waals surface area contributed by atoms with Gasteiger partial charge < -0.3 is 10.8 Å². The first-order valence-electron chi connectivity index (χ1n) is 5.12. The normalized spacial score (nSPS) is 11.7. The van der Waals surface area contributed by atoms with E-state index in [1.54, 1.807) is 6.08 Å². The lowest BCUT2D eigenvalue weighted by molar-refractivity contribution is -0.384. The zero-order valence-electron chi connectivity index (χ0n) is 9.89. The van der Waals surface area contributed by atoms with Gasteiger partial charge in [0.1, 0.15) is 5.75 Å². The maximum Gasteiger partial charge on any atom is 0.270 e. The summed E-state index contributed by atoms with van der Waals surface area (Å²) in [6.45, 7) is 3.53. The Kier molecular flexibility index (Phi) is 5.55. The molecule has 3 N–H and O–H groups in total. The molecule has 0 aliphatic carbocycles. The van der Waals surface area contributed by atoms with Gasteiger partial charge in [0.2, 0.25) is 0 Å². The Hall–Kier alpha value is -2.35. The Labute approximate surface area is 113 Å². The van der Waals surface area contributed by atoms with E-state index in [0.717, 1.165) is 0 Å². The van der Waals surface area contributed by atoms with Crippen molar-refractivity contribution in [2.75, 3.05) is 5.75 Å². The van der Waals surface area contributed by atoms with Gasteiger partial charge in [-0.25, -0.2) is 0 Å². The van der Waals surface area contributed by atoms with Crippen molar-refractivity contribution < 1.29 is 10.0 Å². The third-order valence-electron chi connectivity index (χ3n) is 1.92. The number of hydrogen-bond donors (Lipinski definition) is 2. The lowest BCUT2D eigenvalue weighted by atomic mass is 10.2. The molecule has 0 fully saturated rings. The van der Waals surface area contributed by atoms with Gasteiger partial charge in [-0.1, -0.05) is 17.8 Å². The molecule has 7 nitrogen and oxygen atoms in total. The fourth-order valence-electron chi connectivity index (χ4n) is 1.08. The highest BCUT2D eigenvalue weighted by Gasteiger charge is 2.08. The highest BCUT2D eigenvalue weighted by atomic mass is 32.2. The second-order valence-electron chi connectivity index (χ2n) is 3.28. The zero-order valence-corrected chi connectivity index (χ0v) is 10.7. The van der Waals surface area contributed by atoms with E-state index < -0.39 is 4.92 Å². The minimum Gasteiger partial charge on any atom is -0.507 e. The van der Waals surface area contributed by atoms with Crippen LogP contribution >= 0.6 is 11.8 Å². The molecule has 0 bridgehead atoms. The quantitative estimate of drug-likeness (QED) is 0.281. The van der Waals surface area contributed by atoms with Crippen LogP contribution in [0.3, 0.4) is 0 Å². The summed E-state index contributed by atoms with van der Waals surface area (Å²) in [7, 11) is 0. The van der Waals surface area contributed by atoms with Crippen LogP contribution in [-0.4, -0.2) is 27.2 Å². The number of phenolic OH excluding ortho intramolecular Hbond substituents is 1. The Morgan fingerprint density at radius 1 is 1.63 bits per heavy atom. The summed E-state index contributed by atoms with van der Waals surface area (Å²) in [5.74, 6) is 0.481. The standard InChI is InChI=1S/C11H12N4O3S/c1-2-5-19-11(12)14-13-7-8-6-9(15(17)18)3-4-10(8)16/h2-4,6-7,16H,1,5H2,(H2,12,14). The lowest BCUT2D eigenvalue weighted by Crippen LogP contribution is -2.05. The van der Waals surface area contributed by atoms with Gasteiger partial charge in [-0.2, -0.15) is 5.10 Å². The molecule has 0 unspecified atom stereocenters. The van der Waals surface area contributed by atoms with Crippen molar-refractivity contribution in [1.82, 2.24) is 0 Å². The van der Waals surface area contributed by atoms with Crippen LogP contribution in [0.5, 0.6) is 5.75 Å². The molecule has 0 aliphatic rings. The monoisotopic (exact) mass is 280 g/mol. The van der Waals surface area contributed by atoms with Crippen LogP contribution in [0.2, 0.25) is 0 Å². The number of aromatic hydroxyl groups is 1. The van der Waals surface area contributed by atoms with E-state index >= 15 is 0 Å². The second kappa shape index (κ2) is 7.17. The number of amidine groups is 1. The topological polar surface area (TPSA) is 114 Å². The van der Waals surface area contributed by atoms with Crippen LogP contribution in [0, 0.1) is 10.1 Å². The summed E-state index contributed by atoms with van der Waals surface area (Å²) < 4.78 is 0.